The van der Waals surface area contributed by atoms with Gasteiger partial charge in [-0.3, -0.25) is 4.79 Å². The first-order valence-electron chi connectivity index (χ1n) is 6.10. The Morgan fingerprint density at radius 2 is 1.95 bits per heavy atom. The van der Waals surface area contributed by atoms with Crippen LogP contribution in [0, 0.1) is 5.92 Å². The largest absolute Gasteiger partial charge is 0.482 e. The number of ether oxygens (including phenoxy) is 1. The number of carbonyl (C=O) groups excluding carboxylic acids is 1. The highest BCUT2D eigenvalue weighted by molar-refractivity contribution is 8.13. The highest BCUT2D eigenvalue weighted by atomic mass is 35.7. The fraction of sp³-hybridized carbons (Fsp3) is 0.417. The Kier molecular flexibility index (Phi) is 5.24. The summed E-state index contributed by atoms with van der Waals surface area (Å²) in [5.41, 5.74) is 0. The maximum absolute atomic E-state index is 11.5. The van der Waals surface area contributed by atoms with Gasteiger partial charge < -0.3 is 10.1 Å². The highest BCUT2D eigenvalue weighted by Gasteiger charge is 2.22. The Morgan fingerprint density at radius 3 is 2.52 bits per heavy atom. The van der Waals surface area contributed by atoms with E-state index in [1.807, 2.05) is 0 Å². The number of hydrogen-bond donors (Lipinski definition) is 1. The SMILES string of the molecule is O=C(COc1cc(Cl)c(S(=O)(=O)Cl)cc1Cl)NCC1CC1. The normalized spacial score (nSPS) is 14.8. The van der Waals surface area contributed by atoms with Crippen molar-refractivity contribution in [2.75, 3.05) is 13.2 Å². The third kappa shape index (κ3) is 4.92. The molecule has 0 aromatic heterocycles. The smallest absolute Gasteiger partial charge is 0.262 e. The van der Waals surface area contributed by atoms with E-state index in [1.165, 1.54) is 6.07 Å². The number of rotatable bonds is 6. The lowest BCUT2D eigenvalue weighted by atomic mass is 10.3. The molecule has 116 valence electrons. The molecule has 21 heavy (non-hydrogen) atoms. The van der Waals surface area contributed by atoms with Crippen molar-refractivity contribution in [3.05, 3.63) is 22.2 Å². The Hall–Kier alpha value is -0.690. The van der Waals surface area contributed by atoms with Gasteiger partial charge in [-0.2, -0.15) is 0 Å². The molecule has 2 rings (SSSR count). The number of nitrogens with one attached hydrogen (secondary N) is 1. The van der Waals surface area contributed by atoms with Crippen LogP contribution < -0.4 is 10.1 Å². The van der Waals surface area contributed by atoms with Crippen LogP contribution in [-0.2, 0) is 13.8 Å². The molecule has 0 aliphatic heterocycles. The van der Waals surface area contributed by atoms with Gasteiger partial charge in [0.2, 0.25) is 0 Å². The standard InChI is InChI=1S/C12H12Cl3NO4S/c13-8-4-11(21(15,18)19)9(14)3-10(8)20-6-12(17)16-5-7-1-2-7/h3-4,7H,1-2,5-6H2,(H,16,17). The average Bonchev–Trinajstić information content (AvgIpc) is 3.19. The van der Waals surface area contributed by atoms with Crippen LogP contribution in [0.5, 0.6) is 5.75 Å². The summed E-state index contributed by atoms with van der Waals surface area (Å²) in [6.07, 6.45) is 2.27. The van der Waals surface area contributed by atoms with Crippen molar-refractivity contribution in [1.82, 2.24) is 5.32 Å². The quantitative estimate of drug-likeness (QED) is 0.779. The molecule has 1 amide bonds. The van der Waals surface area contributed by atoms with Gasteiger partial charge in [-0.05, 0) is 24.8 Å². The second kappa shape index (κ2) is 6.60. The van der Waals surface area contributed by atoms with Crippen molar-refractivity contribution < 1.29 is 17.9 Å². The van der Waals surface area contributed by atoms with E-state index in [-0.39, 0.29) is 33.2 Å². The first-order chi connectivity index (χ1) is 9.77. The van der Waals surface area contributed by atoms with Crippen molar-refractivity contribution in [2.24, 2.45) is 5.92 Å². The van der Waals surface area contributed by atoms with Gasteiger partial charge in [0, 0.05) is 23.3 Å². The third-order valence-electron chi connectivity index (χ3n) is 2.89. The number of hydrogen-bond acceptors (Lipinski definition) is 4. The Labute approximate surface area is 136 Å². The lowest BCUT2D eigenvalue weighted by molar-refractivity contribution is -0.123. The van der Waals surface area contributed by atoms with E-state index in [2.05, 4.69) is 5.32 Å². The average molecular weight is 373 g/mol. The Bertz CT molecular complexity index is 659. The van der Waals surface area contributed by atoms with E-state index in [1.54, 1.807) is 0 Å². The fourth-order valence-electron chi connectivity index (χ4n) is 1.58. The lowest BCUT2D eigenvalue weighted by Gasteiger charge is -2.10. The van der Waals surface area contributed by atoms with Crippen LogP contribution in [0.15, 0.2) is 17.0 Å². The fourth-order valence-corrected chi connectivity index (χ4v) is 3.38. The maximum Gasteiger partial charge on any atom is 0.262 e. The van der Waals surface area contributed by atoms with Crippen molar-refractivity contribution in [3.8, 4) is 5.75 Å². The zero-order valence-electron chi connectivity index (χ0n) is 10.7. The zero-order chi connectivity index (χ0) is 15.6. The van der Waals surface area contributed by atoms with Crippen molar-refractivity contribution in [3.63, 3.8) is 0 Å². The van der Waals surface area contributed by atoms with Crippen LogP contribution in [0.4, 0.5) is 0 Å². The van der Waals surface area contributed by atoms with E-state index >= 15 is 0 Å². The second-order valence-electron chi connectivity index (χ2n) is 4.69. The first kappa shape index (κ1) is 16.7. The van der Waals surface area contributed by atoms with Crippen LogP contribution in [0.3, 0.4) is 0 Å². The minimum atomic E-state index is -3.99. The molecule has 0 spiro atoms. The maximum atomic E-state index is 11.5. The second-order valence-corrected chi connectivity index (χ2v) is 8.04. The summed E-state index contributed by atoms with van der Waals surface area (Å²) >= 11 is 11.7. The van der Waals surface area contributed by atoms with Gasteiger partial charge in [-0.15, -0.1) is 0 Å². The van der Waals surface area contributed by atoms with Crippen molar-refractivity contribution in [1.29, 1.82) is 0 Å². The number of carbonyl (C=O) groups is 1. The molecule has 1 aliphatic rings. The van der Waals surface area contributed by atoms with Gasteiger partial charge in [0.25, 0.3) is 15.0 Å². The molecule has 1 aromatic rings. The molecule has 0 atom stereocenters. The molecule has 0 bridgehead atoms. The monoisotopic (exact) mass is 371 g/mol. The van der Waals surface area contributed by atoms with E-state index < -0.39 is 9.05 Å². The van der Waals surface area contributed by atoms with Crippen molar-refractivity contribution in [2.45, 2.75) is 17.7 Å². The van der Waals surface area contributed by atoms with Gasteiger partial charge in [0.05, 0.1) is 10.0 Å². The summed E-state index contributed by atoms with van der Waals surface area (Å²) in [6, 6.07) is 2.30. The molecule has 1 aromatic carbocycles. The summed E-state index contributed by atoms with van der Waals surface area (Å²) in [4.78, 5) is 11.2. The zero-order valence-corrected chi connectivity index (χ0v) is 13.8. The van der Waals surface area contributed by atoms with Gasteiger partial charge in [-0.1, -0.05) is 23.2 Å². The molecular weight excluding hydrogens is 361 g/mol. The van der Waals surface area contributed by atoms with Gasteiger partial charge in [0.1, 0.15) is 10.6 Å². The van der Waals surface area contributed by atoms with Gasteiger partial charge in [-0.25, -0.2) is 8.42 Å². The summed E-state index contributed by atoms with van der Waals surface area (Å²) in [5.74, 6) is 0.413. The van der Waals surface area contributed by atoms with Crippen LogP contribution >= 0.6 is 33.9 Å². The van der Waals surface area contributed by atoms with Crippen LogP contribution in [0.25, 0.3) is 0 Å². The minimum Gasteiger partial charge on any atom is -0.482 e. The van der Waals surface area contributed by atoms with E-state index in [0.29, 0.717) is 12.5 Å². The van der Waals surface area contributed by atoms with Crippen LogP contribution in [-0.4, -0.2) is 27.5 Å². The van der Waals surface area contributed by atoms with Crippen LogP contribution in [0.1, 0.15) is 12.8 Å². The summed E-state index contributed by atoms with van der Waals surface area (Å²) in [7, 11) is 1.22. The minimum absolute atomic E-state index is 0.00798. The van der Waals surface area contributed by atoms with Gasteiger partial charge >= 0.3 is 0 Å². The lowest BCUT2D eigenvalue weighted by Crippen LogP contribution is -2.30. The molecule has 1 fully saturated rings. The number of amides is 1. The number of halogens is 3. The number of benzene rings is 1. The Balaban J connectivity index is 1.99. The predicted octanol–water partition coefficient (Wildman–Crippen LogP) is 2.83. The summed E-state index contributed by atoms with van der Waals surface area (Å²) < 4.78 is 27.7. The van der Waals surface area contributed by atoms with Crippen molar-refractivity contribution >= 4 is 48.8 Å². The molecule has 5 nitrogen and oxygen atoms in total. The molecule has 0 saturated heterocycles. The molecular formula is C12H12Cl3NO4S. The molecule has 1 N–H and O–H groups in total. The van der Waals surface area contributed by atoms with E-state index in [9.17, 15) is 13.2 Å². The molecule has 9 heteroatoms. The summed E-state index contributed by atoms with van der Waals surface area (Å²) in [5, 5.41) is 2.61. The molecule has 0 unspecified atom stereocenters. The van der Waals surface area contributed by atoms with Crippen LogP contribution in [0.2, 0.25) is 10.0 Å². The highest BCUT2D eigenvalue weighted by Crippen LogP contribution is 2.35. The first-order valence-corrected chi connectivity index (χ1v) is 9.17. The third-order valence-corrected chi connectivity index (χ3v) is 4.97. The topological polar surface area (TPSA) is 72.5 Å². The summed E-state index contributed by atoms with van der Waals surface area (Å²) in [6.45, 7) is 0.413. The van der Waals surface area contributed by atoms with E-state index in [4.69, 9.17) is 38.6 Å². The Morgan fingerprint density at radius 1 is 1.29 bits per heavy atom. The molecule has 0 radical (unpaired) electrons. The molecule has 1 aliphatic carbocycles. The predicted molar refractivity (Wildman–Crippen MR) is 80.7 cm³/mol. The van der Waals surface area contributed by atoms with Gasteiger partial charge in [0.15, 0.2) is 6.61 Å². The van der Waals surface area contributed by atoms with E-state index in [0.717, 1.165) is 18.9 Å². The molecule has 0 heterocycles. The molecule has 1 saturated carbocycles.